The van der Waals surface area contributed by atoms with Crippen LogP contribution in [0.3, 0.4) is 0 Å². The summed E-state index contributed by atoms with van der Waals surface area (Å²) in [5.41, 5.74) is 0.612. The summed E-state index contributed by atoms with van der Waals surface area (Å²) in [4.78, 5) is 16.1. The second kappa shape index (κ2) is 7.35. The number of carbonyl (C=O) groups is 1. The molecule has 2 aromatic rings. The van der Waals surface area contributed by atoms with Crippen molar-refractivity contribution in [3.05, 3.63) is 53.7 Å². The van der Waals surface area contributed by atoms with Crippen molar-refractivity contribution in [2.24, 2.45) is 5.92 Å². The minimum absolute atomic E-state index is 0.0391. The molecule has 1 aromatic carbocycles. The molecule has 3 rings (SSSR count). The lowest BCUT2D eigenvalue weighted by molar-refractivity contribution is -0.124. The molecule has 0 radical (unpaired) electrons. The summed E-state index contributed by atoms with van der Waals surface area (Å²) in [5, 5.41) is 5.97. The second-order valence-electron chi connectivity index (χ2n) is 5.55. The van der Waals surface area contributed by atoms with Gasteiger partial charge in [0.1, 0.15) is 5.82 Å². The minimum atomic E-state index is -0.812. The van der Waals surface area contributed by atoms with Gasteiger partial charge in [0, 0.05) is 30.9 Å². The van der Waals surface area contributed by atoms with E-state index in [-0.39, 0.29) is 30.0 Å². The smallest absolute Gasteiger partial charge is 0.224 e. The van der Waals surface area contributed by atoms with Crippen molar-refractivity contribution in [1.82, 2.24) is 15.6 Å². The Bertz CT molecular complexity index is 734. The number of rotatable bonds is 5. The molecule has 0 spiro atoms. The molecule has 1 aromatic heterocycles. The van der Waals surface area contributed by atoms with E-state index >= 15 is 0 Å². The van der Waals surface area contributed by atoms with E-state index in [1.807, 2.05) is 0 Å². The monoisotopic (exact) mass is 333 g/mol. The number of carbonyl (C=O) groups excluding carboxylic acids is 1. The van der Waals surface area contributed by atoms with Gasteiger partial charge >= 0.3 is 0 Å². The van der Waals surface area contributed by atoms with Crippen LogP contribution in [0.4, 0.5) is 8.78 Å². The zero-order valence-electron chi connectivity index (χ0n) is 12.9. The fourth-order valence-electron chi connectivity index (χ4n) is 2.52. The fourth-order valence-corrected chi connectivity index (χ4v) is 2.52. The van der Waals surface area contributed by atoms with Crippen molar-refractivity contribution < 1.29 is 18.3 Å². The van der Waals surface area contributed by atoms with Crippen molar-refractivity contribution in [2.45, 2.75) is 13.0 Å². The molecule has 1 aliphatic rings. The van der Waals surface area contributed by atoms with Gasteiger partial charge in [0.25, 0.3) is 0 Å². The molecule has 2 N–H and O–H groups in total. The van der Waals surface area contributed by atoms with E-state index in [0.717, 1.165) is 25.1 Å². The molecular formula is C17H17F2N3O2. The molecule has 7 heteroatoms. The lowest BCUT2D eigenvalue weighted by Crippen LogP contribution is -2.31. The zero-order valence-corrected chi connectivity index (χ0v) is 12.9. The first kappa shape index (κ1) is 16.3. The molecule has 5 nitrogen and oxygen atoms in total. The number of benzene rings is 1. The predicted molar refractivity (Wildman–Crippen MR) is 83.5 cm³/mol. The summed E-state index contributed by atoms with van der Waals surface area (Å²) >= 11 is 0. The molecule has 0 saturated carbocycles. The van der Waals surface area contributed by atoms with Crippen LogP contribution in [0.1, 0.15) is 12.0 Å². The van der Waals surface area contributed by atoms with Crippen LogP contribution in [0.15, 0.2) is 36.5 Å². The van der Waals surface area contributed by atoms with Crippen molar-refractivity contribution in [2.75, 3.05) is 13.1 Å². The molecule has 2 heterocycles. The molecule has 1 aliphatic heterocycles. The van der Waals surface area contributed by atoms with Gasteiger partial charge in [0.05, 0.1) is 5.92 Å². The van der Waals surface area contributed by atoms with Crippen molar-refractivity contribution >= 4 is 5.91 Å². The Balaban J connectivity index is 1.69. The maximum Gasteiger partial charge on any atom is 0.224 e. The third kappa shape index (κ3) is 3.86. The fraction of sp³-hybridized carbons (Fsp3) is 0.294. The number of nitrogens with one attached hydrogen (secondary N) is 2. The third-order valence-corrected chi connectivity index (χ3v) is 3.83. The Morgan fingerprint density at radius 3 is 3.00 bits per heavy atom. The summed E-state index contributed by atoms with van der Waals surface area (Å²) in [5.74, 6) is -1.52. The highest BCUT2D eigenvalue weighted by atomic mass is 19.1. The van der Waals surface area contributed by atoms with E-state index in [2.05, 4.69) is 15.6 Å². The van der Waals surface area contributed by atoms with Crippen molar-refractivity contribution in [1.29, 1.82) is 0 Å². The number of nitrogens with zero attached hydrogens (tertiary/aromatic N) is 1. The Morgan fingerprint density at radius 1 is 1.38 bits per heavy atom. The van der Waals surface area contributed by atoms with Gasteiger partial charge in [-0.3, -0.25) is 4.79 Å². The molecule has 0 aliphatic carbocycles. The Hall–Kier alpha value is -2.54. The van der Waals surface area contributed by atoms with Crippen LogP contribution in [0.5, 0.6) is 11.6 Å². The number of halogens is 2. The average molecular weight is 333 g/mol. The largest absolute Gasteiger partial charge is 0.436 e. The first-order valence-corrected chi connectivity index (χ1v) is 7.68. The topological polar surface area (TPSA) is 63.2 Å². The van der Waals surface area contributed by atoms with Crippen LogP contribution in [0, 0.1) is 17.6 Å². The van der Waals surface area contributed by atoms with Gasteiger partial charge in [0.15, 0.2) is 11.6 Å². The molecule has 1 atom stereocenters. The summed E-state index contributed by atoms with van der Waals surface area (Å²) < 4.78 is 32.1. The van der Waals surface area contributed by atoms with E-state index in [1.54, 1.807) is 12.1 Å². The maximum atomic E-state index is 13.7. The molecule has 1 saturated heterocycles. The number of aromatic nitrogens is 1. The maximum absolute atomic E-state index is 13.7. The van der Waals surface area contributed by atoms with Crippen molar-refractivity contribution in [3.63, 3.8) is 0 Å². The SMILES string of the molecule is O=C(NCc1cccnc1Oc1ccc(F)cc1F)C1CCNC1. The van der Waals surface area contributed by atoms with Gasteiger partial charge in [-0.05, 0) is 31.2 Å². The number of pyridine rings is 1. The van der Waals surface area contributed by atoms with Gasteiger partial charge in [-0.15, -0.1) is 0 Å². The first-order chi connectivity index (χ1) is 11.6. The number of hydrogen-bond acceptors (Lipinski definition) is 4. The quantitative estimate of drug-likeness (QED) is 0.882. The number of amides is 1. The number of ether oxygens (including phenoxy) is 1. The van der Waals surface area contributed by atoms with Crippen LogP contribution < -0.4 is 15.4 Å². The summed E-state index contributed by atoms with van der Waals surface area (Å²) in [7, 11) is 0. The standard InChI is InChI=1S/C17H17F2N3O2/c18-13-3-4-15(14(19)8-13)24-17-12(2-1-6-21-17)10-22-16(23)11-5-7-20-9-11/h1-4,6,8,11,20H,5,7,9-10H2,(H,22,23). The first-order valence-electron chi connectivity index (χ1n) is 7.68. The highest BCUT2D eigenvalue weighted by Gasteiger charge is 2.22. The second-order valence-corrected chi connectivity index (χ2v) is 5.55. The van der Waals surface area contributed by atoms with Crippen LogP contribution in [-0.4, -0.2) is 24.0 Å². The van der Waals surface area contributed by atoms with E-state index in [0.29, 0.717) is 12.1 Å². The summed E-state index contributed by atoms with van der Waals surface area (Å²) in [6, 6.07) is 6.48. The lowest BCUT2D eigenvalue weighted by atomic mass is 10.1. The van der Waals surface area contributed by atoms with Crippen LogP contribution in [0.25, 0.3) is 0 Å². The zero-order chi connectivity index (χ0) is 16.9. The van der Waals surface area contributed by atoms with E-state index in [9.17, 15) is 13.6 Å². The third-order valence-electron chi connectivity index (χ3n) is 3.83. The Labute approximate surface area is 138 Å². The van der Waals surface area contributed by atoms with Gasteiger partial charge in [-0.2, -0.15) is 0 Å². The van der Waals surface area contributed by atoms with E-state index in [1.165, 1.54) is 12.3 Å². The summed E-state index contributed by atoms with van der Waals surface area (Å²) in [6.07, 6.45) is 2.31. The molecule has 0 bridgehead atoms. The molecule has 24 heavy (non-hydrogen) atoms. The van der Waals surface area contributed by atoms with Crippen LogP contribution >= 0.6 is 0 Å². The van der Waals surface area contributed by atoms with Crippen LogP contribution in [0.2, 0.25) is 0 Å². The van der Waals surface area contributed by atoms with Gasteiger partial charge in [-0.1, -0.05) is 6.07 Å². The van der Waals surface area contributed by atoms with Gasteiger partial charge in [0.2, 0.25) is 11.8 Å². The minimum Gasteiger partial charge on any atom is -0.436 e. The number of hydrogen-bond donors (Lipinski definition) is 2. The van der Waals surface area contributed by atoms with Crippen LogP contribution in [-0.2, 0) is 11.3 Å². The molecule has 1 amide bonds. The molecule has 1 fully saturated rings. The lowest BCUT2D eigenvalue weighted by Gasteiger charge is -2.13. The Kier molecular flexibility index (Phi) is 5.00. The van der Waals surface area contributed by atoms with Gasteiger partial charge < -0.3 is 15.4 Å². The van der Waals surface area contributed by atoms with Crippen molar-refractivity contribution in [3.8, 4) is 11.6 Å². The van der Waals surface area contributed by atoms with E-state index < -0.39 is 11.6 Å². The molecular weight excluding hydrogens is 316 g/mol. The van der Waals surface area contributed by atoms with E-state index in [4.69, 9.17) is 4.74 Å². The highest BCUT2D eigenvalue weighted by Crippen LogP contribution is 2.26. The predicted octanol–water partition coefficient (Wildman–Crippen LogP) is 2.38. The normalized spacial score (nSPS) is 16.8. The molecule has 1 unspecified atom stereocenters. The summed E-state index contributed by atoms with van der Waals surface area (Å²) in [6.45, 7) is 1.73. The molecule has 126 valence electrons. The highest BCUT2D eigenvalue weighted by molar-refractivity contribution is 5.79. The van der Waals surface area contributed by atoms with Gasteiger partial charge in [-0.25, -0.2) is 13.8 Å². The Morgan fingerprint density at radius 2 is 2.25 bits per heavy atom. The average Bonchev–Trinajstić information content (AvgIpc) is 3.11.